The third kappa shape index (κ3) is 4.02. The van der Waals surface area contributed by atoms with Gasteiger partial charge in [-0.3, -0.25) is 15.1 Å². The Morgan fingerprint density at radius 2 is 1.83 bits per heavy atom. The lowest BCUT2D eigenvalue weighted by molar-refractivity contribution is 0.261. The number of pyridine rings is 3. The molecule has 0 aromatic carbocycles. The number of likely N-dealkylation sites (N-methyl/N-ethyl adjacent to an activating group) is 1. The number of hydrogen-bond donors (Lipinski definition) is 2. The molecule has 0 radical (unpaired) electrons. The predicted octanol–water partition coefficient (Wildman–Crippen LogP) is 4.76. The summed E-state index contributed by atoms with van der Waals surface area (Å²) in [5.74, 6) is 0.728. The molecule has 0 saturated carbocycles. The maximum Gasteiger partial charge on any atom is 0.155 e. The number of nitrogens with one attached hydrogen (secondary N) is 2. The van der Waals surface area contributed by atoms with Crippen LogP contribution in [-0.4, -0.2) is 62.3 Å². The van der Waals surface area contributed by atoms with E-state index in [0.29, 0.717) is 12.3 Å². The number of nitrogens with zero attached hydrogens (tertiary/aromatic N) is 5. The van der Waals surface area contributed by atoms with Crippen LogP contribution in [0.5, 0.6) is 5.75 Å². The van der Waals surface area contributed by atoms with Crippen LogP contribution in [0.3, 0.4) is 0 Å². The van der Waals surface area contributed by atoms with E-state index < -0.39 is 0 Å². The predicted molar refractivity (Wildman–Crippen MR) is 134 cm³/mol. The van der Waals surface area contributed by atoms with Crippen LogP contribution in [0.1, 0.15) is 0 Å². The lowest BCUT2D eigenvalue weighted by Crippen LogP contribution is -2.19. The fourth-order valence-corrected chi connectivity index (χ4v) is 4.09. The molecule has 6 aromatic rings. The molecule has 0 aliphatic carbocycles. The first-order chi connectivity index (χ1) is 17.2. The van der Waals surface area contributed by atoms with E-state index in [1.54, 1.807) is 18.7 Å². The summed E-state index contributed by atoms with van der Waals surface area (Å²) >= 11 is 0. The lowest BCUT2D eigenvalue weighted by Gasteiger charge is -2.11. The second-order valence-electron chi connectivity index (χ2n) is 8.60. The van der Waals surface area contributed by atoms with Gasteiger partial charge < -0.3 is 19.0 Å². The standard InChI is InChI=1S/C26H23N7O2/c1-33(2)4-6-35-19-7-17(10-27-12-19)18-8-21-25(31-32-26(21)29-11-18)23-9-20-22(16-3-5-34-15-16)13-28-14-24(20)30-23/h3,5,7-15,30H,4,6H2,1-2H3,(H,29,31,32). The van der Waals surface area contributed by atoms with Gasteiger partial charge >= 0.3 is 0 Å². The van der Waals surface area contributed by atoms with Gasteiger partial charge in [0.2, 0.25) is 0 Å². The van der Waals surface area contributed by atoms with E-state index >= 15 is 0 Å². The molecule has 9 heteroatoms. The first-order valence-electron chi connectivity index (χ1n) is 11.2. The summed E-state index contributed by atoms with van der Waals surface area (Å²) in [4.78, 5) is 18.9. The van der Waals surface area contributed by atoms with Crippen molar-refractivity contribution in [2.24, 2.45) is 0 Å². The number of H-pyrrole nitrogens is 2. The zero-order valence-electron chi connectivity index (χ0n) is 19.3. The smallest absolute Gasteiger partial charge is 0.155 e. The Hall–Kier alpha value is -4.50. The second kappa shape index (κ2) is 8.69. The van der Waals surface area contributed by atoms with Crippen molar-refractivity contribution < 1.29 is 9.15 Å². The average Bonchev–Trinajstić information content (AvgIpc) is 3.62. The first kappa shape index (κ1) is 21.1. The largest absolute Gasteiger partial charge is 0.491 e. The van der Waals surface area contributed by atoms with E-state index in [4.69, 9.17) is 9.15 Å². The molecule has 0 aliphatic rings. The topological polar surface area (TPSA) is 109 Å². The van der Waals surface area contributed by atoms with Crippen molar-refractivity contribution in [1.82, 2.24) is 35.0 Å². The number of aromatic nitrogens is 6. The van der Waals surface area contributed by atoms with Crippen LogP contribution in [0.2, 0.25) is 0 Å². The van der Waals surface area contributed by atoms with Crippen LogP contribution in [-0.2, 0) is 0 Å². The van der Waals surface area contributed by atoms with Crippen molar-refractivity contribution in [3.63, 3.8) is 0 Å². The van der Waals surface area contributed by atoms with Gasteiger partial charge in [-0.1, -0.05) is 0 Å². The molecule has 6 heterocycles. The highest BCUT2D eigenvalue weighted by molar-refractivity contribution is 6.00. The van der Waals surface area contributed by atoms with E-state index in [9.17, 15) is 0 Å². The number of rotatable bonds is 7. The van der Waals surface area contributed by atoms with Crippen LogP contribution in [0.15, 0.2) is 72.2 Å². The second-order valence-corrected chi connectivity index (χ2v) is 8.60. The van der Waals surface area contributed by atoms with Gasteiger partial charge in [-0.05, 0) is 38.4 Å². The molecule has 0 amide bonds. The van der Waals surface area contributed by atoms with Gasteiger partial charge in [-0.2, -0.15) is 5.10 Å². The van der Waals surface area contributed by atoms with Crippen LogP contribution < -0.4 is 4.74 Å². The number of furan rings is 1. The normalized spacial score (nSPS) is 11.6. The van der Waals surface area contributed by atoms with E-state index in [1.165, 1.54) is 0 Å². The molecular formula is C26H23N7O2. The van der Waals surface area contributed by atoms with Crippen LogP contribution in [0.4, 0.5) is 0 Å². The summed E-state index contributed by atoms with van der Waals surface area (Å²) in [5, 5.41) is 9.56. The van der Waals surface area contributed by atoms with Gasteiger partial charge in [-0.25, -0.2) is 4.98 Å². The molecule has 174 valence electrons. The molecule has 0 fully saturated rings. The van der Waals surface area contributed by atoms with Crippen LogP contribution >= 0.6 is 0 Å². The van der Waals surface area contributed by atoms with Gasteiger partial charge in [0.1, 0.15) is 18.1 Å². The molecule has 9 nitrogen and oxygen atoms in total. The molecule has 0 saturated heterocycles. The minimum absolute atomic E-state index is 0.595. The maximum atomic E-state index is 5.86. The van der Waals surface area contributed by atoms with E-state index in [0.717, 1.165) is 62.2 Å². The molecule has 0 unspecified atom stereocenters. The monoisotopic (exact) mass is 465 g/mol. The average molecular weight is 466 g/mol. The summed E-state index contributed by atoms with van der Waals surface area (Å²) in [6.07, 6.45) is 12.4. The summed E-state index contributed by atoms with van der Waals surface area (Å²) in [6, 6.07) is 8.07. The number of ether oxygens (including phenoxy) is 1. The summed E-state index contributed by atoms with van der Waals surface area (Å²) in [6.45, 7) is 1.43. The molecule has 0 bridgehead atoms. The van der Waals surface area contributed by atoms with Crippen molar-refractivity contribution in [2.75, 3.05) is 27.2 Å². The Kier molecular flexibility index (Phi) is 5.23. The molecule has 6 rings (SSSR count). The van der Waals surface area contributed by atoms with Gasteiger partial charge in [0.15, 0.2) is 5.65 Å². The first-order valence-corrected chi connectivity index (χ1v) is 11.2. The molecule has 35 heavy (non-hydrogen) atoms. The summed E-state index contributed by atoms with van der Waals surface area (Å²) < 4.78 is 11.1. The van der Waals surface area contributed by atoms with E-state index in [2.05, 4.69) is 47.2 Å². The number of fused-ring (bicyclic) bond motifs is 2. The van der Waals surface area contributed by atoms with Gasteiger partial charge in [-0.15, -0.1) is 0 Å². The molecule has 0 atom stereocenters. The molecule has 0 aliphatic heterocycles. The lowest BCUT2D eigenvalue weighted by atomic mass is 10.1. The van der Waals surface area contributed by atoms with Gasteiger partial charge in [0.25, 0.3) is 0 Å². The highest BCUT2D eigenvalue weighted by Gasteiger charge is 2.16. The van der Waals surface area contributed by atoms with Gasteiger partial charge in [0.05, 0.1) is 36.1 Å². The summed E-state index contributed by atoms with van der Waals surface area (Å²) in [5.41, 5.74) is 7.13. The van der Waals surface area contributed by atoms with E-state index in [-0.39, 0.29) is 0 Å². The molecule has 2 N–H and O–H groups in total. The Balaban J connectivity index is 1.38. The zero-order chi connectivity index (χ0) is 23.8. The van der Waals surface area contributed by atoms with Crippen molar-refractivity contribution in [1.29, 1.82) is 0 Å². The number of aromatic amines is 2. The quantitative estimate of drug-likeness (QED) is 0.350. The summed E-state index contributed by atoms with van der Waals surface area (Å²) in [7, 11) is 4.03. The Labute approximate surface area is 200 Å². The third-order valence-electron chi connectivity index (χ3n) is 5.90. The molecular weight excluding hydrogens is 442 g/mol. The minimum Gasteiger partial charge on any atom is -0.491 e. The maximum absolute atomic E-state index is 5.86. The minimum atomic E-state index is 0.595. The van der Waals surface area contributed by atoms with Gasteiger partial charge in [0, 0.05) is 58.2 Å². The van der Waals surface area contributed by atoms with Crippen molar-refractivity contribution in [2.45, 2.75) is 0 Å². The number of hydrogen-bond acceptors (Lipinski definition) is 7. The van der Waals surface area contributed by atoms with Crippen LogP contribution in [0.25, 0.3) is 55.6 Å². The third-order valence-corrected chi connectivity index (χ3v) is 5.90. The fraction of sp³-hybridized carbons (Fsp3) is 0.154. The van der Waals surface area contributed by atoms with Crippen molar-refractivity contribution >= 4 is 21.9 Å². The van der Waals surface area contributed by atoms with Crippen molar-refractivity contribution in [3.05, 3.63) is 67.8 Å². The SMILES string of the molecule is CN(C)CCOc1cncc(-c2cnc3[nH]nc(-c4cc5c(-c6ccoc6)cncc5[nH]4)c3c2)c1. The Morgan fingerprint density at radius 1 is 0.943 bits per heavy atom. The van der Waals surface area contributed by atoms with E-state index in [1.807, 2.05) is 51.0 Å². The zero-order valence-corrected chi connectivity index (χ0v) is 19.3. The van der Waals surface area contributed by atoms with Crippen LogP contribution in [0, 0.1) is 0 Å². The highest BCUT2D eigenvalue weighted by Crippen LogP contribution is 2.34. The highest BCUT2D eigenvalue weighted by atomic mass is 16.5. The Bertz CT molecular complexity index is 1620. The Morgan fingerprint density at radius 3 is 2.69 bits per heavy atom. The molecule has 6 aromatic heterocycles. The fourth-order valence-electron chi connectivity index (χ4n) is 4.09. The molecule has 0 spiro atoms. The van der Waals surface area contributed by atoms with Crippen molar-refractivity contribution in [3.8, 4) is 39.4 Å².